The van der Waals surface area contributed by atoms with Crippen LogP contribution in [0.5, 0.6) is 0 Å². The number of benzene rings is 1. The molecule has 0 saturated heterocycles. The van der Waals surface area contributed by atoms with Crippen LogP contribution in [0.25, 0.3) is 11.5 Å². The number of oxazole rings is 1. The van der Waals surface area contributed by atoms with Gasteiger partial charge in [0.25, 0.3) is 0 Å². The number of nitrogens with one attached hydrogen (secondary N) is 1. The lowest BCUT2D eigenvalue weighted by molar-refractivity contribution is 0.570. The molecule has 0 radical (unpaired) electrons. The Bertz CT molecular complexity index is 450. The van der Waals surface area contributed by atoms with Crippen molar-refractivity contribution >= 4 is 0 Å². The molecule has 0 unspecified atom stereocenters. The molecule has 0 spiro atoms. The summed E-state index contributed by atoms with van der Waals surface area (Å²) in [4.78, 5) is 4.30. The molecule has 0 amide bonds. The van der Waals surface area contributed by atoms with Crippen molar-refractivity contribution in [1.29, 1.82) is 0 Å². The number of halogens is 1. The van der Waals surface area contributed by atoms with Gasteiger partial charge in [-0.25, -0.2) is 9.37 Å². The molecule has 16 heavy (non-hydrogen) atoms. The summed E-state index contributed by atoms with van der Waals surface area (Å²) in [5, 5.41) is 3.16. The molecule has 1 heterocycles. The summed E-state index contributed by atoms with van der Waals surface area (Å²) in [5.41, 5.74) is 1.63. The second-order valence-electron chi connectivity index (χ2n) is 3.43. The monoisotopic (exact) mass is 220 g/mol. The van der Waals surface area contributed by atoms with Crippen molar-refractivity contribution in [2.24, 2.45) is 0 Å². The summed E-state index contributed by atoms with van der Waals surface area (Å²) in [6, 6.07) is 6.09. The van der Waals surface area contributed by atoms with Crippen LogP contribution in [-0.4, -0.2) is 11.5 Å². The second-order valence-corrected chi connectivity index (χ2v) is 3.43. The minimum atomic E-state index is -0.261. The van der Waals surface area contributed by atoms with Gasteiger partial charge in [0.15, 0.2) is 0 Å². The average molecular weight is 220 g/mol. The topological polar surface area (TPSA) is 38.1 Å². The van der Waals surface area contributed by atoms with E-state index in [0.717, 1.165) is 17.8 Å². The third-order valence-corrected chi connectivity index (χ3v) is 2.20. The van der Waals surface area contributed by atoms with Crippen molar-refractivity contribution in [3.05, 3.63) is 42.0 Å². The summed E-state index contributed by atoms with van der Waals surface area (Å²) in [6.45, 7) is 3.60. The molecule has 3 nitrogen and oxygen atoms in total. The van der Waals surface area contributed by atoms with Gasteiger partial charge in [0.1, 0.15) is 12.1 Å². The first-order chi connectivity index (χ1) is 7.79. The maximum Gasteiger partial charge on any atom is 0.226 e. The highest BCUT2D eigenvalue weighted by Gasteiger charge is 2.05. The largest absolute Gasteiger partial charge is 0.444 e. The highest BCUT2D eigenvalue weighted by atomic mass is 19.1. The molecule has 0 fully saturated rings. The lowest BCUT2D eigenvalue weighted by Gasteiger charge is -1.95. The molecule has 0 atom stereocenters. The quantitative estimate of drug-likeness (QED) is 0.860. The van der Waals surface area contributed by atoms with Gasteiger partial charge in [-0.1, -0.05) is 6.92 Å². The van der Waals surface area contributed by atoms with E-state index in [-0.39, 0.29) is 5.82 Å². The maximum absolute atomic E-state index is 12.7. The van der Waals surface area contributed by atoms with Crippen LogP contribution in [0, 0.1) is 5.82 Å². The molecule has 1 aromatic heterocycles. The lowest BCUT2D eigenvalue weighted by atomic mass is 10.2. The molecule has 2 aromatic rings. The summed E-state index contributed by atoms with van der Waals surface area (Å²) < 4.78 is 18.0. The molecule has 0 bridgehead atoms. The number of hydrogen-bond acceptors (Lipinski definition) is 3. The molecule has 1 N–H and O–H groups in total. The maximum atomic E-state index is 12.7. The van der Waals surface area contributed by atoms with Crippen molar-refractivity contribution in [1.82, 2.24) is 10.3 Å². The van der Waals surface area contributed by atoms with E-state index in [1.165, 1.54) is 12.1 Å². The van der Waals surface area contributed by atoms with Crippen LogP contribution in [0.4, 0.5) is 4.39 Å². The van der Waals surface area contributed by atoms with Gasteiger partial charge in [0.2, 0.25) is 5.89 Å². The molecule has 0 saturated carbocycles. The highest BCUT2D eigenvalue weighted by molar-refractivity contribution is 5.52. The van der Waals surface area contributed by atoms with Crippen LogP contribution >= 0.6 is 0 Å². The lowest BCUT2D eigenvalue weighted by Crippen LogP contribution is -2.11. The number of rotatable bonds is 4. The number of nitrogens with zero attached hydrogens (tertiary/aromatic N) is 1. The van der Waals surface area contributed by atoms with E-state index in [2.05, 4.69) is 10.3 Å². The van der Waals surface area contributed by atoms with E-state index in [1.807, 2.05) is 6.92 Å². The number of hydrogen-bond donors (Lipinski definition) is 1. The zero-order valence-electron chi connectivity index (χ0n) is 9.03. The predicted molar refractivity (Wildman–Crippen MR) is 59.3 cm³/mol. The second kappa shape index (κ2) is 4.90. The fourth-order valence-electron chi connectivity index (χ4n) is 1.37. The Morgan fingerprint density at radius 2 is 2.06 bits per heavy atom. The normalized spacial score (nSPS) is 10.6. The van der Waals surface area contributed by atoms with E-state index in [9.17, 15) is 4.39 Å². The van der Waals surface area contributed by atoms with Gasteiger partial charge in [0.05, 0.1) is 5.69 Å². The van der Waals surface area contributed by atoms with E-state index in [4.69, 9.17) is 4.42 Å². The minimum absolute atomic E-state index is 0.261. The van der Waals surface area contributed by atoms with Crippen LogP contribution in [0.2, 0.25) is 0 Å². The first-order valence-electron chi connectivity index (χ1n) is 5.20. The van der Waals surface area contributed by atoms with Crippen LogP contribution in [0.1, 0.15) is 12.6 Å². The van der Waals surface area contributed by atoms with Gasteiger partial charge in [-0.05, 0) is 30.8 Å². The third-order valence-electron chi connectivity index (χ3n) is 2.20. The van der Waals surface area contributed by atoms with Crippen LogP contribution in [0.15, 0.2) is 34.9 Å². The summed E-state index contributed by atoms with van der Waals surface area (Å²) in [5.74, 6) is 0.260. The molecule has 0 aliphatic rings. The third kappa shape index (κ3) is 2.46. The molecule has 0 aliphatic carbocycles. The van der Waals surface area contributed by atoms with Crippen molar-refractivity contribution < 1.29 is 8.81 Å². The van der Waals surface area contributed by atoms with E-state index < -0.39 is 0 Å². The van der Waals surface area contributed by atoms with Gasteiger partial charge in [-0.3, -0.25) is 0 Å². The zero-order valence-corrected chi connectivity index (χ0v) is 9.03. The van der Waals surface area contributed by atoms with Gasteiger partial charge < -0.3 is 9.73 Å². The predicted octanol–water partition coefficient (Wildman–Crippen LogP) is 2.59. The summed E-state index contributed by atoms with van der Waals surface area (Å²) in [7, 11) is 0. The summed E-state index contributed by atoms with van der Waals surface area (Å²) >= 11 is 0. The van der Waals surface area contributed by atoms with Crippen molar-refractivity contribution in [3.8, 4) is 11.5 Å². The first-order valence-corrected chi connectivity index (χ1v) is 5.20. The summed E-state index contributed by atoms with van der Waals surface area (Å²) in [6.07, 6.45) is 1.61. The minimum Gasteiger partial charge on any atom is -0.444 e. The van der Waals surface area contributed by atoms with Gasteiger partial charge in [-0.15, -0.1) is 0 Å². The molecule has 2 rings (SSSR count). The van der Waals surface area contributed by atoms with Crippen LogP contribution < -0.4 is 5.32 Å². The van der Waals surface area contributed by atoms with E-state index in [1.54, 1.807) is 18.4 Å². The van der Waals surface area contributed by atoms with Crippen molar-refractivity contribution in [3.63, 3.8) is 0 Å². The van der Waals surface area contributed by atoms with Crippen LogP contribution in [-0.2, 0) is 6.54 Å². The Hall–Kier alpha value is -1.68. The molecule has 4 heteroatoms. The Kier molecular flexibility index (Phi) is 3.31. The van der Waals surface area contributed by atoms with Crippen LogP contribution in [0.3, 0.4) is 0 Å². The Balaban J connectivity index is 2.15. The Morgan fingerprint density at radius 1 is 1.31 bits per heavy atom. The molecular weight excluding hydrogens is 207 g/mol. The fourth-order valence-corrected chi connectivity index (χ4v) is 1.37. The molecule has 84 valence electrons. The van der Waals surface area contributed by atoms with Gasteiger partial charge in [0, 0.05) is 12.1 Å². The molecule has 1 aromatic carbocycles. The van der Waals surface area contributed by atoms with Crippen molar-refractivity contribution in [2.75, 3.05) is 6.54 Å². The highest BCUT2D eigenvalue weighted by Crippen LogP contribution is 2.18. The molecular formula is C12H13FN2O. The van der Waals surface area contributed by atoms with E-state index >= 15 is 0 Å². The fraction of sp³-hybridized carbons (Fsp3) is 0.250. The zero-order chi connectivity index (χ0) is 11.4. The first kappa shape index (κ1) is 10.8. The molecule has 0 aliphatic heterocycles. The van der Waals surface area contributed by atoms with E-state index in [0.29, 0.717) is 12.4 Å². The standard InChI is InChI=1S/C12H13FN2O/c1-2-14-7-11-8-16-12(15-11)9-3-5-10(13)6-4-9/h3-6,8,14H,2,7H2,1H3. The Morgan fingerprint density at radius 3 is 2.75 bits per heavy atom. The van der Waals surface area contributed by atoms with Gasteiger partial charge in [-0.2, -0.15) is 0 Å². The van der Waals surface area contributed by atoms with Crippen molar-refractivity contribution in [2.45, 2.75) is 13.5 Å². The Labute approximate surface area is 93.3 Å². The van der Waals surface area contributed by atoms with Gasteiger partial charge >= 0.3 is 0 Å². The SMILES string of the molecule is CCNCc1coc(-c2ccc(F)cc2)n1. The number of aromatic nitrogens is 1. The smallest absolute Gasteiger partial charge is 0.226 e. The average Bonchev–Trinajstić information content (AvgIpc) is 2.76.